The van der Waals surface area contributed by atoms with Crippen molar-refractivity contribution in [3.05, 3.63) is 47.5 Å². The molecule has 1 aromatic rings. The average molecular weight is 528 g/mol. The number of alkyl halides is 3. The summed E-state index contributed by atoms with van der Waals surface area (Å²) in [6, 6.07) is 3.13. The molecule has 2 heterocycles. The Bertz CT molecular complexity index is 947. The Balaban J connectivity index is 1.90. The summed E-state index contributed by atoms with van der Waals surface area (Å²) < 4.78 is 15.3. The Morgan fingerprint density at radius 3 is 2.16 bits per heavy atom. The first kappa shape index (κ1) is 24.2. The number of esters is 1. The van der Waals surface area contributed by atoms with Crippen LogP contribution in [0, 0.1) is 0 Å². The maximum absolute atomic E-state index is 13.0. The molecule has 2 aliphatic rings. The SMILES string of the molecule is C=C(C)C(C(=O)OCC(Cl)(Cl)Cl)N1C(=O)C(N2C(=O)c3ccccc3C2=O)C1[S+]([O-])Cl. The van der Waals surface area contributed by atoms with Crippen molar-refractivity contribution < 1.29 is 28.5 Å². The van der Waals surface area contributed by atoms with Crippen LogP contribution in [-0.2, 0) is 24.7 Å². The molecule has 31 heavy (non-hydrogen) atoms. The number of β-lactam (4-membered cyclic amide) rings is 1. The largest absolute Gasteiger partial charge is 0.597 e. The number of carbonyl (C=O) groups is 4. The maximum atomic E-state index is 13.0. The van der Waals surface area contributed by atoms with E-state index in [9.17, 15) is 23.7 Å². The van der Waals surface area contributed by atoms with Crippen LogP contribution in [0.4, 0.5) is 0 Å². The molecule has 0 bridgehead atoms. The first-order valence-electron chi connectivity index (χ1n) is 8.61. The number of nitrogens with zero attached hydrogens (tertiary/aromatic N) is 2. The van der Waals surface area contributed by atoms with Crippen molar-refractivity contribution in [2.45, 2.75) is 28.2 Å². The predicted molar refractivity (Wildman–Crippen MR) is 115 cm³/mol. The fourth-order valence-corrected chi connectivity index (χ4v) is 4.98. The topological polar surface area (TPSA) is 107 Å². The number of ether oxygens (including phenoxy) is 1. The first-order valence-corrected chi connectivity index (χ1v) is 11.8. The van der Waals surface area contributed by atoms with Gasteiger partial charge in [0, 0.05) is 0 Å². The van der Waals surface area contributed by atoms with Crippen molar-refractivity contribution in [3.8, 4) is 0 Å². The summed E-state index contributed by atoms with van der Waals surface area (Å²) in [5, 5.41) is -1.38. The Labute approximate surface area is 199 Å². The van der Waals surface area contributed by atoms with Crippen LogP contribution < -0.4 is 0 Å². The maximum Gasteiger partial charge on any atom is 0.333 e. The zero-order chi connectivity index (χ0) is 23.2. The Morgan fingerprint density at radius 2 is 1.74 bits per heavy atom. The minimum absolute atomic E-state index is 0.108. The monoisotopic (exact) mass is 526 g/mol. The molecular formula is C18H14Cl4N2O6S. The van der Waals surface area contributed by atoms with E-state index in [0.717, 1.165) is 4.90 Å². The van der Waals surface area contributed by atoms with Gasteiger partial charge in [-0.3, -0.25) is 24.2 Å². The van der Waals surface area contributed by atoms with Gasteiger partial charge in [-0.05, 0) is 24.6 Å². The molecule has 0 aromatic heterocycles. The van der Waals surface area contributed by atoms with Crippen molar-refractivity contribution in [2.24, 2.45) is 0 Å². The van der Waals surface area contributed by atoms with Crippen LogP contribution in [-0.4, -0.2) is 65.9 Å². The van der Waals surface area contributed by atoms with Crippen LogP contribution in [0.3, 0.4) is 0 Å². The quantitative estimate of drug-likeness (QED) is 0.140. The Hall–Kier alpha value is -1.49. The van der Waals surface area contributed by atoms with E-state index >= 15 is 0 Å². The normalized spacial score (nSPS) is 22.7. The Morgan fingerprint density at radius 1 is 1.23 bits per heavy atom. The number of benzene rings is 1. The number of rotatable bonds is 6. The number of imide groups is 1. The summed E-state index contributed by atoms with van der Waals surface area (Å²) in [6.07, 6.45) is 0. The van der Waals surface area contributed by atoms with Gasteiger partial charge in [-0.25, -0.2) is 4.79 Å². The third-order valence-electron chi connectivity index (χ3n) is 4.69. The lowest BCUT2D eigenvalue weighted by atomic mass is 9.98. The van der Waals surface area contributed by atoms with Crippen LogP contribution in [0.5, 0.6) is 0 Å². The number of hydrogen-bond donors (Lipinski definition) is 0. The number of likely N-dealkylation sites (tertiary alicyclic amines) is 1. The zero-order valence-corrected chi connectivity index (χ0v) is 19.6. The molecule has 13 heteroatoms. The van der Waals surface area contributed by atoms with Crippen molar-refractivity contribution in [1.82, 2.24) is 9.80 Å². The second kappa shape index (κ2) is 8.80. The summed E-state index contributed by atoms with van der Waals surface area (Å²) >= 11 is 16.7. The van der Waals surface area contributed by atoms with E-state index in [2.05, 4.69) is 6.58 Å². The highest BCUT2D eigenvalue weighted by molar-refractivity contribution is 8.14. The molecular weight excluding hydrogens is 514 g/mol. The highest BCUT2D eigenvalue weighted by atomic mass is 35.7. The van der Waals surface area contributed by atoms with Gasteiger partial charge in [0.25, 0.3) is 17.7 Å². The molecule has 166 valence electrons. The molecule has 8 nitrogen and oxygen atoms in total. The first-order chi connectivity index (χ1) is 14.4. The van der Waals surface area contributed by atoms with Crippen LogP contribution in [0.15, 0.2) is 36.4 Å². The number of hydrogen-bond acceptors (Lipinski definition) is 6. The van der Waals surface area contributed by atoms with Gasteiger partial charge in [-0.15, -0.1) is 0 Å². The summed E-state index contributed by atoms with van der Waals surface area (Å²) in [7, 11) is 3.54. The molecule has 3 amide bonds. The van der Waals surface area contributed by atoms with Gasteiger partial charge < -0.3 is 9.29 Å². The van der Waals surface area contributed by atoms with E-state index in [4.69, 9.17) is 50.2 Å². The third-order valence-corrected chi connectivity index (χ3v) is 6.43. The fourth-order valence-electron chi connectivity index (χ4n) is 3.42. The number of amides is 3. The van der Waals surface area contributed by atoms with Gasteiger partial charge in [0.15, 0.2) is 22.8 Å². The molecule has 3 rings (SSSR count). The lowest BCUT2D eigenvalue weighted by molar-refractivity contribution is -0.164. The molecule has 1 aromatic carbocycles. The molecule has 0 saturated carbocycles. The van der Waals surface area contributed by atoms with Crippen LogP contribution in [0.2, 0.25) is 0 Å². The van der Waals surface area contributed by atoms with Crippen LogP contribution >= 0.6 is 45.5 Å². The summed E-state index contributed by atoms with van der Waals surface area (Å²) in [6.45, 7) is 4.47. The average Bonchev–Trinajstić information content (AvgIpc) is 2.92. The van der Waals surface area contributed by atoms with E-state index in [0.29, 0.717) is 4.90 Å². The van der Waals surface area contributed by atoms with Crippen molar-refractivity contribution >= 4 is 79.6 Å². The van der Waals surface area contributed by atoms with Gasteiger partial charge in [-0.2, -0.15) is 0 Å². The Kier molecular flexibility index (Phi) is 6.86. The van der Waals surface area contributed by atoms with E-state index in [1.807, 2.05) is 0 Å². The molecule has 0 spiro atoms. The highest BCUT2D eigenvalue weighted by Gasteiger charge is 2.65. The second-order valence-corrected chi connectivity index (χ2v) is 11.2. The fraction of sp³-hybridized carbons (Fsp3) is 0.333. The molecule has 0 radical (unpaired) electrons. The van der Waals surface area contributed by atoms with Gasteiger partial charge in [0.1, 0.15) is 6.61 Å². The highest BCUT2D eigenvalue weighted by Crippen LogP contribution is 2.39. The van der Waals surface area contributed by atoms with Crippen molar-refractivity contribution in [1.29, 1.82) is 0 Å². The van der Waals surface area contributed by atoms with Crippen LogP contribution in [0.25, 0.3) is 0 Å². The van der Waals surface area contributed by atoms with Gasteiger partial charge in [0.2, 0.25) is 9.17 Å². The van der Waals surface area contributed by atoms with E-state index < -0.39 is 61.9 Å². The second-order valence-electron chi connectivity index (χ2n) is 6.83. The molecule has 0 aliphatic carbocycles. The lowest BCUT2D eigenvalue weighted by Gasteiger charge is -2.49. The molecule has 1 saturated heterocycles. The molecule has 4 atom stereocenters. The minimum Gasteiger partial charge on any atom is -0.597 e. The van der Waals surface area contributed by atoms with Gasteiger partial charge >= 0.3 is 5.97 Å². The van der Waals surface area contributed by atoms with E-state index in [1.165, 1.54) is 19.1 Å². The van der Waals surface area contributed by atoms with E-state index in [1.54, 1.807) is 12.1 Å². The molecule has 0 N–H and O–H groups in total. The third kappa shape index (κ3) is 4.40. The zero-order valence-electron chi connectivity index (χ0n) is 15.7. The molecule has 2 aliphatic heterocycles. The number of carbonyl (C=O) groups excluding carboxylic acids is 4. The van der Waals surface area contributed by atoms with Gasteiger partial charge in [-0.1, -0.05) is 53.5 Å². The lowest BCUT2D eigenvalue weighted by Crippen LogP contribution is -2.76. The number of fused-ring (bicyclic) bond motifs is 1. The minimum atomic E-state index is -2.27. The molecule has 1 fully saturated rings. The standard InChI is InChI=1S/C18H14Cl4N2O6S/c1-8(2)11(17(28)30-7-18(19,20)21)24-15(27)12(16(24)31(22)29)23-13(25)9-5-3-4-6-10(9)14(23)26/h3-6,11-12,16H,1,7H2,2H3. The van der Waals surface area contributed by atoms with Crippen molar-refractivity contribution in [3.63, 3.8) is 0 Å². The summed E-state index contributed by atoms with van der Waals surface area (Å²) in [5.74, 6) is -3.28. The molecule has 4 unspecified atom stereocenters. The van der Waals surface area contributed by atoms with Gasteiger partial charge in [0.05, 0.1) is 21.5 Å². The van der Waals surface area contributed by atoms with Crippen LogP contribution in [0.1, 0.15) is 27.6 Å². The smallest absolute Gasteiger partial charge is 0.333 e. The summed E-state index contributed by atoms with van der Waals surface area (Å²) in [4.78, 5) is 52.7. The summed E-state index contributed by atoms with van der Waals surface area (Å²) in [5.41, 5.74) is 0.364. The van der Waals surface area contributed by atoms with E-state index in [-0.39, 0.29) is 16.7 Å². The predicted octanol–water partition coefficient (Wildman–Crippen LogP) is 2.58. The van der Waals surface area contributed by atoms with Crippen molar-refractivity contribution in [2.75, 3.05) is 6.61 Å². The number of halogens is 4.